The summed E-state index contributed by atoms with van der Waals surface area (Å²) in [4.78, 5) is 29.6. The van der Waals surface area contributed by atoms with Crippen molar-refractivity contribution in [2.45, 2.75) is 50.7 Å². The summed E-state index contributed by atoms with van der Waals surface area (Å²) in [7, 11) is 0. The summed E-state index contributed by atoms with van der Waals surface area (Å²) in [6.07, 6.45) is 4.16. The van der Waals surface area contributed by atoms with E-state index in [4.69, 9.17) is 0 Å². The molecule has 1 saturated carbocycles. The molecule has 1 atom stereocenters. The number of thiophene rings is 1. The van der Waals surface area contributed by atoms with Crippen molar-refractivity contribution in [1.82, 2.24) is 9.88 Å². The van der Waals surface area contributed by atoms with Gasteiger partial charge in [0.25, 0.3) is 5.91 Å². The van der Waals surface area contributed by atoms with Gasteiger partial charge in [0, 0.05) is 17.1 Å². The number of fused-ring (bicyclic) bond motifs is 3. The van der Waals surface area contributed by atoms with Gasteiger partial charge in [-0.25, -0.2) is 4.39 Å². The van der Waals surface area contributed by atoms with E-state index in [2.05, 4.69) is 5.32 Å². The molecule has 29 heavy (non-hydrogen) atoms. The maximum absolute atomic E-state index is 13.6. The first-order valence-electron chi connectivity index (χ1n) is 9.95. The summed E-state index contributed by atoms with van der Waals surface area (Å²) in [5, 5.41) is 6.16. The van der Waals surface area contributed by atoms with Crippen LogP contribution < -0.4 is 10.2 Å². The summed E-state index contributed by atoms with van der Waals surface area (Å²) in [5.41, 5.74) is -0.0286. The highest BCUT2D eigenvalue weighted by atomic mass is 32.1. The number of hydrogen-bond acceptors (Lipinski definition) is 3. The molecule has 3 heterocycles. The van der Waals surface area contributed by atoms with Crippen molar-refractivity contribution in [3.8, 4) is 0 Å². The average molecular weight is 412 g/mol. The van der Waals surface area contributed by atoms with Gasteiger partial charge in [0.05, 0.1) is 6.54 Å². The largest absolute Gasteiger partial charge is 0.351 e. The van der Waals surface area contributed by atoms with Crippen LogP contribution in [0.15, 0.2) is 41.8 Å². The highest BCUT2D eigenvalue weighted by Crippen LogP contribution is 2.37. The van der Waals surface area contributed by atoms with E-state index in [0.717, 1.165) is 35.9 Å². The van der Waals surface area contributed by atoms with E-state index in [1.807, 2.05) is 22.1 Å². The van der Waals surface area contributed by atoms with Gasteiger partial charge in [-0.15, -0.1) is 11.3 Å². The van der Waals surface area contributed by atoms with E-state index >= 15 is 0 Å². The quantitative estimate of drug-likeness (QED) is 0.698. The zero-order chi connectivity index (χ0) is 20.2. The Morgan fingerprint density at radius 1 is 1.21 bits per heavy atom. The molecule has 5 rings (SSSR count). The number of amides is 2. The van der Waals surface area contributed by atoms with Crippen LogP contribution >= 0.6 is 11.3 Å². The fourth-order valence-electron chi connectivity index (χ4n) is 4.60. The van der Waals surface area contributed by atoms with Gasteiger partial charge in [-0.3, -0.25) is 14.5 Å². The number of nitrogens with one attached hydrogen (secondary N) is 1. The van der Waals surface area contributed by atoms with Crippen molar-refractivity contribution >= 4 is 39.1 Å². The molecular weight excluding hydrogens is 389 g/mol. The highest BCUT2D eigenvalue weighted by Gasteiger charge is 2.49. The molecular formula is C22H22FN3O2S. The first kappa shape index (κ1) is 18.4. The van der Waals surface area contributed by atoms with Gasteiger partial charge >= 0.3 is 0 Å². The van der Waals surface area contributed by atoms with Gasteiger partial charge in [0.1, 0.15) is 21.9 Å². The molecule has 150 valence electrons. The predicted molar refractivity (Wildman–Crippen MR) is 112 cm³/mol. The number of anilines is 1. The molecule has 0 bridgehead atoms. The Kier molecular flexibility index (Phi) is 4.24. The molecule has 2 aliphatic rings. The molecule has 1 fully saturated rings. The lowest BCUT2D eigenvalue weighted by Gasteiger charge is -2.44. The zero-order valence-electron chi connectivity index (χ0n) is 16.2. The van der Waals surface area contributed by atoms with E-state index in [-0.39, 0.29) is 23.7 Å². The minimum absolute atomic E-state index is 0.150. The zero-order valence-corrected chi connectivity index (χ0v) is 17.0. The number of rotatable bonds is 3. The van der Waals surface area contributed by atoms with Crippen LogP contribution in [0.5, 0.6) is 0 Å². The van der Waals surface area contributed by atoms with Crippen molar-refractivity contribution < 1.29 is 14.0 Å². The lowest BCUT2D eigenvalue weighted by atomic mass is 9.93. The van der Waals surface area contributed by atoms with Crippen molar-refractivity contribution in [3.05, 3.63) is 53.3 Å². The van der Waals surface area contributed by atoms with Gasteiger partial charge in [0.2, 0.25) is 5.91 Å². The molecule has 2 aromatic heterocycles. The minimum atomic E-state index is -1.11. The molecule has 7 heteroatoms. The number of hydrogen-bond donors (Lipinski definition) is 1. The van der Waals surface area contributed by atoms with Crippen molar-refractivity contribution in [3.63, 3.8) is 0 Å². The summed E-state index contributed by atoms with van der Waals surface area (Å²) in [5.74, 6) is -0.777. The smallest absolute Gasteiger partial charge is 0.275 e. The van der Waals surface area contributed by atoms with Crippen LogP contribution in [0.2, 0.25) is 0 Å². The molecule has 3 aromatic rings. The fraction of sp³-hybridized carbons (Fsp3) is 0.364. The minimum Gasteiger partial charge on any atom is -0.351 e. The van der Waals surface area contributed by atoms with Crippen LogP contribution in [0.1, 0.15) is 43.1 Å². The molecule has 0 spiro atoms. The average Bonchev–Trinajstić information content (AvgIpc) is 3.42. The van der Waals surface area contributed by atoms with E-state index in [1.165, 1.54) is 17.0 Å². The van der Waals surface area contributed by atoms with E-state index in [9.17, 15) is 14.0 Å². The molecule has 5 nitrogen and oxygen atoms in total. The topological polar surface area (TPSA) is 54.3 Å². The third-order valence-corrected chi connectivity index (χ3v) is 7.10. The first-order valence-corrected chi connectivity index (χ1v) is 10.8. The molecule has 1 aliphatic carbocycles. The monoisotopic (exact) mass is 411 g/mol. The van der Waals surface area contributed by atoms with Crippen LogP contribution in [0.25, 0.3) is 10.2 Å². The summed E-state index contributed by atoms with van der Waals surface area (Å²) >= 11 is 1.57. The molecule has 1 aliphatic heterocycles. The second kappa shape index (κ2) is 6.69. The van der Waals surface area contributed by atoms with Crippen LogP contribution in [0.3, 0.4) is 0 Å². The molecule has 1 aromatic carbocycles. The normalized spacial score (nSPS) is 22.3. The van der Waals surface area contributed by atoms with Crippen LogP contribution in [0, 0.1) is 5.82 Å². The standard InChI is InChI=1S/C22H22FN3O2S/c1-22(21(28)24-16-4-2-3-5-16)13-25-18(12-14-10-11-29-20(14)25)19(27)26(22)17-8-6-15(23)7-9-17/h6-12,16H,2-5,13H2,1H3,(H,24,28). The molecule has 1 unspecified atom stereocenters. The highest BCUT2D eigenvalue weighted by molar-refractivity contribution is 7.16. The Balaban J connectivity index is 1.62. The third-order valence-electron chi connectivity index (χ3n) is 6.15. The van der Waals surface area contributed by atoms with Gasteiger partial charge in [-0.2, -0.15) is 0 Å². The Morgan fingerprint density at radius 3 is 2.66 bits per heavy atom. The number of nitrogens with zero attached hydrogens (tertiary/aromatic N) is 2. The SMILES string of the molecule is CC1(C(=O)NC2CCCC2)Cn2c(cc3ccsc32)C(=O)N1c1ccc(F)cc1. The Bertz CT molecular complexity index is 1100. The molecule has 1 N–H and O–H groups in total. The molecule has 2 amide bonds. The van der Waals surface area contributed by atoms with E-state index in [1.54, 1.807) is 30.4 Å². The van der Waals surface area contributed by atoms with Gasteiger partial charge < -0.3 is 9.88 Å². The number of benzene rings is 1. The maximum atomic E-state index is 13.6. The van der Waals surface area contributed by atoms with Crippen molar-refractivity contribution in [2.75, 3.05) is 4.90 Å². The Hall–Kier alpha value is -2.67. The summed E-state index contributed by atoms with van der Waals surface area (Å²) in [6.45, 7) is 2.16. The van der Waals surface area contributed by atoms with Gasteiger partial charge in [-0.05, 0) is 61.5 Å². The Labute approximate surface area is 172 Å². The maximum Gasteiger partial charge on any atom is 0.275 e. The van der Waals surface area contributed by atoms with Crippen LogP contribution in [-0.2, 0) is 11.3 Å². The van der Waals surface area contributed by atoms with E-state index < -0.39 is 5.54 Å². The number of halogens is 1. The number of aromatic nitrogens is 1. The molecule has 0 radical (unpaired) electrons. The van der Waals surface area contributed by atoms with Crippen LogP contribution in [0.4, 0.5) is 10.1 Å². The number of carbonyl (C=O) groups is 2. The fourth-order valence-corrected chi connectivity index (χ4v) is 5.50. The Morgan fingerprint density at radius 2 is 1.93 bits per heavy atom. The summed E-state index contributed by atoms with van der Waals surface area (Å²) < 4.78 is 15.5. The predicted octanol–water partition coefficient (Wildman–Crippen LogP) is 4.32. The summed E-state index contributed by atoms with van der Waals surface area (Å²) in [6, 6.07) is 9.78. The number of carbonyl (C=O) groups excluding carboxylic acids is 2. The lowest BCUT2D eigenvalue weighted by molar-refractivity contribution is -0.127. The van der Waals surface area contributed by atoms with Gasteiger partial charge in [-0.1, -0.05) is 12.8 Å². The lowest BCUT2D eigenvalue weighted by Crippen LogP contribution is -2.65. The van der Waals surface area contributed by atoms with Crippen LogP contribution in [-0.4, -0.2) is 28.0 Å². The van der Waals surface area contributed by atoms with E-state index in [0.29, 0.717) is 17.9 Å². The van der Waals surface area contributed by atoms with Gasteiger partial charge in [0.15, 0.2) is 0 Å². The second-order valence-corrected chi connectivity index (χ2v) is 9.04. The second-order valence-electron chi connectivity index (χ2n) is 8.14. The first-order chi connectivity index (χ1) is 14.0. The van der Waals surface area contributed by atoms with Crippen molar-refractivity contribution in [1.29, 1.82) is 0 Å². The molecule has 0 saturated heterocycles. The third kappa shape index (κ3) is 2.87. The van der Waals surface area contributed by atoms with Crippen molar-refractivity contribution in [2.24, 2.45) is 0 Å².